The number of nitrogens with one attached hydrogen (secondary N) is 2. The average molecular weight is 293 g/mol. The van der Waals surface area contributed by atoms with Gasteiger partial charge in [-0.05, 0) is 12.1 Å². The highest BCUT2D eigenvalue weighted by Crippen LogP contribution is 2.19. The van der Waals surface area contributed by atoms with Gasteiger partial charge < -0.3 is 10.2 Å². The smallest absolute Gasteiger partial charge is 0.278 e. The molecule has 0 aliphatic carbocycles. The van der Waals surface area contributed by atoms with Crippen LogP contribution in [0.4, 0.5) is 5.69 Å². The molecule has 2 aromatic rings. The minimum atomic E-state index is -0.0765. The van der Waals surface area contributed by atoms with Gasteiger partial charge in [-0.2, -0.15) is 5.10 Å². The number of aromatic amines is 1. The van der Waals surface area contributed by atoms with Crippen LogP contribution in [0.25, 0.3) is 0 Å². The Hall–Kier alpha value is -1.85. The average Bonchev–Trinajstić information content (AvgIpc) is 2.90. The van der Waals surface area contributed by atoms with Crippen molar-refractivity contribution < 1.29 is 4.79 Å². The van der Waals surface area contributed by atoms with Crippen LogP contribution in [-0.4, -0.2) is 29.7 Å². The van der Waals surface area contributed by atoms with Crippen molar-refractivity contribution in [3.05, 3.63) is 47.3 Å². The summed E-state index contributed by atoms with van der Waals surface area (Å²) in [5, 5.41) is 10.4. The SMILES string of the molecule is CN(C(=O)c1n[nH]c2c1CNCC2)c1ccccc1.Cl. The molecule has 0 radical (unpaired) electrons. The van der Waals surface area contributed by atoms with Gasteiger partial charge in [-0.3, -0.25) is 9.89 Å². The van der Waals surface area contributed by atoms with Crippen LogP contribution in [-0.2, 0) is 13.0 Å². The molecule has 0 atom stereocenters. The minimum absolute atomic E-state index is 0. The lowest BCUT2D eigenvalue weighted by Crippen LogP contribution is -2.30. The number of anilines is 1. The highest BCUT2D eigenvalue weighted by atomic mass is 35.5. The van der Waals surface area contributed by atoms with E-state index in [0.29, 0.717) is 12.2 Å². The number of benzene rings is 1. The maximum atomic E-state index is 12.5. The van der Waals surface area contributed by atoms with E-state index in [1.54, 1.807) is 11.9 Å². The summed E-state index contributed by atoms with van der Waals surface area (Å²) < 4.78 is 0. The Morgan fingerprint density at radius 1 is 1.30 bits per heavy atom. The van der Waals surface area contributed by atoms with E-state index in [1.807, 2.05) is 30.3 Å². The Morgan fingerprint density at radius 2 is 2.05 bits per heavy atom. The molecule has 1 amide bonds. The largest absolute Gasteiger partial charge is 0.312 e. The fraction of sp³-hybridized carbons (Fsp3) is 0.286. The molecule has 106 valence electrons. The van der Waals surface area contributed by atoms with E-state index in [9.17, 15) is 4.79 Å². The number of hydrogen-bond donors (Lipinski definition) is 2. The molecule has 0 fully saturated rings. The number of fused-ring (bicyclic) bond motifs is 1. The van der Waals surface area contributed by atoms with Gasteiger partial charge in [-0.15, -0.1) is 12.4 Å². The lowest BCUT2D eigenvalue weighted by molar-refractivity contribution is 0.0987. The van der Waals surface area contributed by atoms with Crippen LogP contribution in [0.1, 0.15) is 21.7 Å². The highest BCUT2D eigenvalue weighted by Gasteiger charge is 2.24. The molecule has 1 aromatic heterocycles. The summed E-state index contributed by atoms with van der Waals surface area (Å²) >= 11 is 0. The Labute approximate surface area is 123 Å². The summed E-state index contributed by atoms with van der Waals surface area (Å²) in [6.45, 7) is 1.63. The zero-order valence-electron chi connectivity index (χ0n) is 11.2. The molecule has 6 heteroatoms. The molecule has 0 bridgehead atoms. The first-order chi connectivity index (χ1) is 9.27. The van der Waals surface area contributed by atoms with Crippen molar-refractivity contribution in [3.63, 3.8) is 0 Å². The predicted molar refractivity (Wildman–Crippen MR) is 80.4 cm³/mol. The first-order valence-corrected chi connectivity index (χ1v) is 6.37. The third-order valence-electron chi connectivity index (χ3n) is 3.46. The summed E-state index contributed by atoms with van der Waals surface area (Å²) in [5.74, 6) is -0.0765. The number of carbonyl (C=O) groups excluding carboxylic acids is 1. The van der Waals surface area contributed by atoms with E-state index in [2.05, 4.69) is 15.5 Å². The van der Waals surface area contributed by atoms with Gasteiger partial charge in [0.05, 0.1) is 0 Å². The van der Waals surface area contributed by atoms with Crippen molar-refractivity contribution in [1.29, 1.82) is 0 Å². The molecule has 20 heavy (non-hydrogen) atoms. The lowest BCUT2D eigenvalue weighted by Gasteiger charge is -2.18. The highest BCUT2D eigenvalue weighted by molar-refractivity contribution is 6.05. The first kappa shape index (κ1) is 14.6. The fourth-order valence-electron chi connectivity index (χ4n) is 2.33. The molecule has 0 spiro atoms. The molecule has 1 aliphatic heterocycles. The van der Waals surface area contributed by atoms with E-state index < -0.39 is 0 Å². The Morgan fingerprint density at radius 3 is 2.80 bits per heavy atom. The number of H-pyrrole nitrogens is 1. The van der Waals surface area contributed by atoms with Crippen molar-refractivity contribution in [2.45, 2.75) is 13.0 Å². The Bertz CT molecular complexity index is 596. The second kappa shape index (κ2) is 6.07. The van der Waals surface area contributed by atoms with Gasteiger partial charge in [0, 0.05) is 43.5 Å². The zero-order chi connectivity index (χ0) is 13.2. The third-order valence-corrected chi connectivity index (χ3v) is 3.46. The number of hydrogen-bond acceptors (Lipinski definition) is 3. The zero-order valence-corrected chi connectivity index (χ0v) is 12.0. The second-order valence-corrected chi connectivity index (χ2v) is 4.66. The van der Waals surface area contributed by atoms with Gasteiger partial charge in [0.15, 0.2) is 5.69 Å². The molecule has 5 nitrogen and oxygen atoms in total. The summed E-state index contributed by atoms with van der Waals surface area (Å²) in [7, 11) is 1.77. The topological polar surface area (TPSA) is 61.0 Å². The van der Waals surface area contributed by atoms with Crippen LogP contribution >= 0.6 is 12.4 Å². The van der Waals surface area contributed by atoms with E-state index in [4.69, 9.17) is 0 Å². The maximum Gasteiger partial charge on any atom is 0.278 e. The number of halogens is 1. The number of amides is 1. The lowest BCUT2D eigenvalue weighted by atomic mass is 10.1. The quantitative estimate of drug-likeness (QED) is 0.886. The summed E-state index contributed by atoms with van der Waals surface area (Å²) in [6.07, 6.45) is 0.894. The van der Waals surface area contributed by atoms with E-state index in [0.717, 1.165) is 29.9 Å². The molecule has 3 rings (SSSR count). The number of aromatic nitrogens is 2. The summed E-state index contributed by atoms with van der Waals surface area (Å²) in [6, 6.07) is 9.59. The van der Waals surface area contributed by atoms with Gasteiger partial charge in [-0.1, -0.05) is 18.2 Å². The van der Waals surface area contributed by atoms with Crippen molar-refractivity contribution in [1.82, 2.24) is 15.5 Å². The Balaban J connectivity index is 0.00000147. The van der Waals surface area contributed by atoms with Crippen molar-refractivity contribution in [2.24, 2.45) is 0 Å². The molecule has 2 heterocycles. The van der Waals surface area contributed by atoms with Crippen LogP contribution in [0, 0.1) is 0 Å². The van der Waals surface area contributed by atoms with Gasteiger partial charge in [0.25, 0.3) is 5.91 Å². The molecule has 0 saturated heterocycles. The van der Waals surface area contributed by atoms with E-state index in [1.165, 1.54) is 0 Å². The van der Waals surface area contributed by atoms with Crippen molar-refractivity contribution >= 4 is 24.0 Å². The van der Waals surface area contributed by atoms with E-state index >= 15 is 0 Å². The van der Waals surface area contributed by atoms with Crippen LogP contribution < -0.4 is 10.2 Å². The summed E-state index contributed by atoms with van der Waals surface area (Å²) in [4.78, 5) is 14.1. The van der Waals surface area contributed by atoms with Gasteiger partial charge in [0.2, 0.25) is 0 Å². The molecule has 2 N–H and O–H groups in total. The molecule has 1 aromatic carbocycles. The van der Waals surface area contributed by atoms with Crippen molar-refractivity contribution in [3.8, 4) is 0 Å². The van der Waals surface area contributed by atoms with Crippen LogP contribution in [0.3, 0.4) is 0 Å². The molecule has 0 unspecified atom stereocenters. The van der Waals surface area contributed by atoms with Crippen molar-refractivity contribution in [2.75, 3.05) is 18.5 Å². The number of para-hydroxylation sites is 1. The molecule has 0 saturated carbocycles. The predicted octanol–water partition coefficient (Wildman–Crippen LogP) is 1.75. The fourth-order valence-corrected chi connectivity index (χ4v) is 2.33. The normalized spacial score (nSPS) is 13.2. The monoisotopic (exact) mass is 292 g/mol. The van der Waals surface area contributed by atoms with Crippen LogP contribution in [0.15, 0.2) is 30.3 Å². The second-order valence-electron chi connectivity index (χ2n) is 4.66. The minimum Gasteiger partial charge on any atom is -0.312 e. The number of rotatable bonds is 2. The number of carbonyl (C=O) groups is 1. The van der Waals surface area contributed by atoms with Crippen LogP contribution in [0.2, 0.25) is 0 Å². The standard InChI is InChI=1S/C14H16N4O.ClH/c1-18(10-5-3-2-4-6-10)14(19)13-11-9-15-8-7-12(11)16-17-13;/h2-6,15H,7-9H2,1H3,(H,16,17);1H. The van der Waals surface area contributed by atoms with E-state index in [-0.39, 0.29) is 18.3 Å². The molecular formula is C14H17ClN4O. The summed E-state index contributed by atoms with van der Waals surface area (Å²) in [5.41, 5.74) is 3.46. The maximum absolute atomic E-state index is 12.5. The Kier molecular flexibility index (Phi) is 4.42. The third kappa shape index (κ3) is 2.55. The number of nitrogens with zero attached hydrogens (tertiary/aromatic N) is 2. The first-order valence-electron chi connectivity index (χ1n) is 6.37. The van der Waals surface area contributed by atoms with Gasteiger partial charge >= 0.3 is 0 Å². The van der Waals surface area contributed by atoms with Gasteiger partial charge in [0.1, 0.15) is 0 Å². The van der Waals surface area contributed by atoms with Gasteiger partial charge in [-0.25, -0.2) is 0 Å². The molecule has 1 aliphatic rings. The van der Waals surface area contributed by atoms with Crippen LogP contribution in [0.5, 0.6) is 0 Å². The molecular weight excluding hydrogens is 276 g/mol.